The number of anilines is 1. The van der Waals surface area contributed by atoms with Gasteiger partial charge < -0.3 is 15.4 Å². The Morgan fingerprint density at radius 3 is 2.71 bits per heavy atom. The summed E-state index contributed by atoms with van der Waals surface area (Å²) in [5, 5.41) is 0. The fourth-order valence-corrected chi connectivity index (χ4v) is 1.31. The fourth-order valence-electron chi connectivity index (χ4n) is 1.31. The van der Waals surface area contributed by atoms with E-state index in [0.717, 1.165) is 11.3 Å². The normalized spacial score (nSPS) is 12.6. The fraction of sp³-hybridized carbons (Fsp3) is 0.455. The van der Waals surface area contributed by atoms with E-state index in [1.54, 1.807) is 7.11 Å². The van der Waals surface area contributed by atoms with E-state index in [9.17, 15) is 0 Å². The molecule has 14 heavy (non-hydrogen) atoms. The smallest absolute Gasteiger partial charge is 0.0655 e. The quantitative estimate of drug-likeness (QED) is 0.787. The summed E-state index contributed by atoms with van der Waals surface area (Å²) in [4.78, 5) is 2.06. The predicted molar refractivity (Wildman–Crippen MR) is 59.6 cm³/mol. The zero-order valence-electron chi connectivity index (χ0n) is 9.03. The van der Waals surface area contributed by atoms with E-state index in [-0.39, 0.29) is 6.04 Å². The summed E-state index contributed by atoms with van der Waals surface area (Å²) in [5.41, 5.74) is 8.20. The maximum atomic E-state index is 5.93. The predicted octanol–water partition coefficient (Wildman–Crippen LogP) is 1.40. The number of rotatable bonds is 4. The number of hydrogen-bond acceptors (Lipinski definition) is 3. The minimum atomic E-state index is -0.0418. The van der Waals surface area contributed by atoms with Crippen molar-refractivity contribution in [2.75, 3.05) is 32.7 Å². The Bertz CT molecular complexity index is 286. The minimum absolute atomic E-state index is 0.0418. The Labute approximate surface area is 85.5 Å². The first-order chi connectivity index (χ1) is 6.65. The molecule has 2 N–H and O–H groups in total. The topological polar surface area (TPSA) is 38.5 Å². The molecule has 0 aliphatic heterocycles. The van der Waals surface area contributed by atoms with Gasteiger partial charge in [-0.25, -0.2) is 0 Å². The third-order valence-electron chi connectivity index (χ3n) is 2.16. The van der Waals surface area contributed by atoms with Gasteiger partial charge >= 0.3 is 0 Å². The van der Waals surface area contributed by atoms with Crippen LogP contribution in [0.4, 0.5) is 5.69 Å². The highest BCUT2D eigenvalue weighted by molar-refractivity contribution is 5.47. The number of methoxy groups -OCH3 is 1. The van der Waals surface area contributed by atoms with Crippen molar-refractivity contribution in [1.29, 1.82) is 0 Å². The number of benzene rings is 1. The first kappa shape index (κ1) is 11.0. The molecule has 0 unspecified atom stereocenters. The van der Waals surface area contributed by atoms with Gasteiger partial charge in [-0.15, -0.1) is 0 Å². The van der Waals surface area contributed by atoms with E-state index in [0.29, 0.717) is 6.61 Å². The molecule has 3 nitrogen and oxygen atoms in total. The molecule has 0 aliphatic carbocycles. The highest BCUT2D eigenvalue weighted by Gasteiger charge is 2.06. The van der Waals surface area contributed by atoms with Crippen molar-refractivity contribution in [3.8, 4) is 0 Å². The Morgan fingerprint density at radius 1 is 1.43 bits per heavy atom. The van der Waals surface area contributed by atoms with Crippen molar-refractivity contribution in [1.82, 2.24) is 0 Å². The molecule has 1 aromatic rings. The van der Waals surface area contributed by atoms with Gasteiger partial charge in [0.05, 0.1) is 12.6 Å². The molecule has 0 aromatic heterocycles. The van der Waals surface area contributed by atoms with Crippen LogP contribution < -0.4 is 10.6 Å². The van der Waals surface area contributed by atoms with Crippen LogP contribution in [-0.4, -0.2) is 27.8 Å². The molecule has 1 aromatic carbocycles. The second-order valence-electron chi connectivity index (χ2n) is 3.55. The Balaban J connectivity index is 2.82. The van der Waals surface area contributed by atoms with Crippen molar-refractivity contribution in [2.24, 2.45) is 5.73 Å². The number of hydrogen-bond donors (Lipinski definition) is 1. The largest absolute Gasteiger partial charge is 0.383 e. The molecule has 0 saturated heterocycles. The van der Waals surface area contributed by atoms with Crippen LogP contribution in [0.25, 0.3) is 0 Å². The Kier molecular flexibility index (Phi) is 3.92. The third-order valence-corrected chi connectivity index (χ3v) is 2.16. The van der Waals surface area contributed by atoms with E-state index in [1.807, 2.05) is 26.2 Å². The lowest BCUT2D eigenvalue weighted by Gasteiger charge is -2.16. The summed E-state index contributed by atoms with van der Waals surface area (Å²) < 4.78 is 5.02. The summed E-state index contributed by atoms with van der Waals surface area (Å²) in [6.07, 6.45) is 0. The molecular weight excluding hydrogens is 176 g/mol. The van der Waals surface area contributed by atoms with Gasteiger partial charge in [-0.2, -0.15) is 0 Å². The minimum Gasteiger partial charge on any atom is -0.383 e. The highest BCUT2D eigenvalue weighted by Crippen LogP contribution is 2.17. The highest BCUT2D eigenvalue weighted by atomic mass is 16.5. The average molecular weight is 194 g/mol. The first-order valence-corrected chi connectivity index (χ1v) is 4.67. The number of ether oxygens (including phenoxy) is 1. The summed E-state index contributed by atoms with van der Waals surface area (Å²) in [5.74, 6) is 0. The van der Waals surface area contributed by atoms with Crippen molar-refractivity contribution in [3.63, 3.8) is 0 Å². The second-order valence-corrected chi connectivity index (χ2v) is 3.55. The second kappa shape index (κ2) is 4.98. The van der Waals surface area contributed by atoms with Crippen LogP contribution in [0.3, 0.4) is 0 Å². The lowest BCUT2D eigenvalue weighted by Crippen LogP contribution is -2.17. The van der Waals surface area contributed by atoms with Gasteiger partial charge in [0, 0.05) is 26.9 Å². The zero-order chi connectivity index (χ0) is 10.6. The van der Waals surface area contributed by atoms with E-state index < -0.39 is 0 Å². The molecule has 1 rings (SSSR count). The maximum Gasteiger partial charge on any atom is 0.0655 e. The standard InChI is InChI=1S/C11H18N2O/c1-13(2)10-6-4-5-9(7-10)11(12)8-14-3/h4-7,11H,8,12H2,1-3H3/t11-/m0/s1. The van der Waals surface area contributed by atoms with Crippen molar-refractivity contribution >= 4 is 5.69 Å². The molecule has 0 saturated carbocycles. The van der Waals surface area contributed by atoms with Gasteiger partial charge in [0.15, 0.2) is 0 Å². The number of nitrogens with zero attached hydrogens (tertiary/aromatic N) is 1. The zero-order valence-corrected chi connectivity index (χ0v) is 9.03. The van der Waals surface area contributed by atoms with Crippen LogP contribution in [0.2, 0.25) is 0 Å². The SMILES string of the molecule is COC[C@H](N)c1cccc(N(C)C)c1. The molecule has 78 valence electrons. The van der Waals surface area contributed by atoms with Gasteiger partial charge in [0.1, 0.15) is 0 Å². The van der Waals surface area contributed by atoms with Crippen LogP contribution in [0.15, 0.2) is 24.3 Å². The molecule has 0 radical (unpaired) electrons. The molecule has 0 amide bonds. The van der Waals surface area contributed by atoms with Crippen molar-refractivity contribution in [3.05, 3.63) is 29.8 Å². The molecule has 0 fully saturated rings. The van der Waals surface area contributed by atoms with Crippen LogP contribution in [0.1, 0.15) is 11.6 Å². The lowest BCUT2D eigenvalue weighted by atomic mass is 10.1. The molecule has 0 aliphatic rings. The lowest BCUT2D eigenvalue weighted by molar-refractivity contribution is 0.181. The molecule has 0 heterocycles. The summed E-state index contributed by atoms with van der Waals surface area (Å²) in [6, 6.07) is 8.14. The first-order valence-electron chi connectivity index (χ1n) is 4.67. The van der Waals surface area contributed by atoms with E-state index in [1.165, 1.54) is 0 Å². The van der Waals surface area contributed by atoms with Crippen LogP contribution >= 0.6 is 0 Å². The molecular formula is C11H18N2O. The van der Waals surface area contributed by atoms with Crippen LogP contribution in [0, 0.1) is 0 Å². The van der Waals surface area contributed by atoms with Gasteiger partial charge in [0.25, 0.3) is 0 Å². The molecule has 1 atom stereocenters. The van der Waals surface area contributed by atoms with E-state index in [2.05, 4.69) is 17.0 Å². The van der Waals surface area contributed by atoms with E-state index in [4.69, 9.17) is 10.5 Å². The van der Waals surface area contributed by atoms with Crippen LogP contribution in [0.5, 0.6) is 0 Å². The van der Waals surface area contributed by atoms with Gasteiger partial charge in [0.2, 0.25) is 0 Å². The summed E-state index contributed by atoms with van der Waals surface area (Å²) >= 11 is 0. The van der Waals surface area contributed by atoms with E-state index >= 15 is 0 Å². The van der Waals surface area contributed by atoms with Gasteiger partial charge in [-0.1, -0.05) is 12.1 Å². The number of nitrogens with two attached hydrogens (primary N) is 1. The van der Waals surface area contributed by atoms with Crippen molar-refractivity contribution < 1.29 is 4.74 Å². The third kappa shape index (κ3) is 2.72. The average Bonchev–Trinajstić information content (AvgIpc) is 2.18. The molecule has 0 bridgehead atoms. The van der Waals surface area contributed by atoms with Crippen molar-refractivity contribution in [2.45, 2.75) is 6.04 Å². The summed E-state index contributed by atoms with van der Waals surface area (Å²) in [6.45, 7) is 0.552. The Hall–Kier alpha value is -1.06. The molecule has 0 spiro atoms. The monoisotopic (exact) mass is 194 g/mol. The Morgan fingerprint density at radius 2 is 2.14 bits per heavy atom. The van der Waals surface area contributed by atoms with Gasteiger partial charge in [-0.05, 0) is 17.7 Å². The maximum absolute atomic E-state index is 5.93. The summed E-state index contributed by atoms with van der Waals surface area (Å²) in [7, 11) is 5.69. The molecule has 3 heteroatoms. The van der Waals surface area contributed by atoms with Crippen LogP contribution in [-0.2, 0) is 4.74 Å². The van der Waals surface area contributed by atoms with Gasteiger partial charge in [-0.3, -0.25) is 0 Å².